The van der Waals surface area contributed by atoms with Crippen molar-refractivity contribution in [2.45, 2.75) is 41.0 Å². The second kappa shape index (κ2) is 7.74. The van der Waals surface area contributed by atoms with Crippen molar-refractivity contribution in [3.63, 3.8) is 0 Å². The van der Waals surface area contributed by atoms with Crippen LogP contribution in [0.25, 0.3) is 0 Å². The molecule has 0 saturated heterocycles. The summed E-state index contributed by atoms with van der Waals surface area (Å²) in [5, 5.41) is 0. The molecule has 0 radical (unpaired) electrons. The van der Waals surface area contributed by atoms with Gasteiger partial charge in [0.25, 0.3) is 0 Å². The van der Waals surface area contributed by atoms with Crippen molar-refractivity contribution >= 4 is 0 Å². The maximum atomic E-state index is 3.87. The summed E-state index contributed by atoms with van der Waals surface area (Å²) in [6.45, 7) is 14.4. The molecule has 0 aliphatic heterocycles. The van der Waals surface area contributed by atoms with Gasteiger partial charge in [-0.25, -0.2) is 0 Å². The van der Waals surface area contributed by atoms with E-state index in [0.29, 0.717) is 5.92 Å². The highest BCUT2D eigenvalue weighted by Gasteiger charge is 1.93. The lowest BCUT2D eigenvalue weighted by Gasteiger charge is -2.03. The van der Waals surface area contributed by atoms with Gasteiger partial charge in [-0.15, -0.1) is 0 Å². The fourth-order valence-corrected chi connectivity index (χ4v) is 0.408. The van der Waals surface area contributed by atoms with Gasteiger partial charge in [-0.3, -0.25) is 0 Å². The Labute approximate surface area is 60.0 Å². The molecule has 0 rings (SSSR count). The fourth-order valence-electron chi connectivity index (χ4n) is 0.408. The number of hydrogen-bond acceptors (Lipinski definition) is 0. The lowest BCUT2D eigenvalue weighted by Crippen LogP contribution is -1.87. The Morgan fingerprint density at radius 2 is 1.67 bits per heavy atom. The third kappa shape index (κ3) is 7.74. The van der Waals surface area contributed by atoms with Crippen LogP contribution in [-0.4, -0.2) is 0 Å². The summed E-state index contributed by atoms with van der Waals surface area (Å²) in [7, 11) is 0. The Balaban J connectivity index is 0. The summed E-state index contributed by atoms with van der Waals surface area (Å²) in [6, 6.07) is 0. The molecule has 0 saturated carbocycles. The quantitative estimate of drug-likeness (QED) is 0.498. The van der Waals surface area contributed by atoms with Crippen LogP contribution in [0.4, 0.5) is 0 Å². The molecule has 0 aliphatic rings. The van der Waals surface area contributed by atoms with Crippen LogP contribution in [0.5, 0.6) is 0 Å². The third-order valence-corrected chi connectivity index (χ3v) is 1.27. The van der Waals surface area contributed by atoms with Crippen molar-refractivity contribution in [3.05, 3.63) is 12.2 Å². The predicted molar refractivity (Wildman–Crippen MR) is 45.6 cm³/mol. The zero-order valence-electron chi connectivity index (χ0n) is 7.49. The molecule has 0 aromatic rings. The van der Waals surface area contributed by atoms with Gasteiger partial charge >= 0.3 is 0 Å². The molecule has 0 heteroatoms. The molecule has 0 atom stereocenters. The SMILES string of the molecule is C=C(CC)C(C)C.CC. The zero-order valence-corrected chi connectivity index (χ0v) is 7.49. The molecule has 9 heavy (non-hydrogen) atoms. The largest absolute Gasteiger partial charge is 0.0996 e. The van der Waals surface area contributed by atoms with Crippen LogP contribution in [0, 0.1) is 5.92 Å². The van der Waals surface area contributed by atoms with E-state index in [2.05, 4.69) is 27.4 Å². The fraction of sp³-hybridized carbons (Fsp3) is 0.778. The number of allylic oxidation sites excluding steroid dienone is 1. The Morgan fingerprint density at radius 3 is 1.67 bits per heavy atom. The van der Waals surface area contributed by atoms with Gasteiger partial charge in [-0.2, -0.15) is 0 Å². The Bertz CT molecular complexity index is 60.4. The third-order valence-electron chi connectivity index (χ3n) is 1.27. The van der Waals surface area contributed by atoms with Crippen LogP contribution in [0.2, 0.25) is 0 Å². The van der Waals surface area contributed by atoms with Crippen LogP contribution < -0.4 is 0 Å². The molecule has 0 fully saturated rings. The van der Waals surface area contributed by atoms with Crippen molar-refractivity contribution < 1.29 is 0 Å². The summed E-state index contributed by atoms with van der Waals surface area (Å²) < 4.78 is 0. The summed E-state index contributed by atoms with van der Waals surface area (Å²) in [6.07, 6.45) is 1.12. The molecular formula is C9H20. The van der Waals surface area contributed by atoms with Crippen molar-refractivity contribution in [1.82, 2.24) is 0 Å². The van der Waals surface area contributed by atoms with E-state index in [1.165, 1.54) is 5.57 Å². The van der Waals surface area contributed by atoms with E-state index in [-0.39, 0.29) is 0 Å². The molecule has 56 valence electrons. The molecular weight excluding hydrogens is 108 g/mol. The van der Waals surface area contributed by atoms with Gasteiger partial charge in [0.05, 0.1) is 0 Å². The molecule has 0 heterocycles. The lowest BCUT2D eigenvalue weighted by atomic mass is 10.0. The average molecular weight is 128 g/mol. The maximum Gasteiger partial charge on any atom is -0.0263 e. The number of hydrogen-bond donors (Lipinski definition) is 0. The maximum absolute atomic E-state index is 3.87. The van der Waals surface area contributed by atoms with Gasteiger partial charge in [0.2, 0.25) is 0 Å². The summed E-state index contributed by atoms with van der Waals surface area (Å²) in [4.78, 5) is 0. The first-order valence-electron chi connectivity index (χ1n) is 3.86. The first-order chi connectivity index (χ1) is 4.18. The first kappa shape index (κ1) is 11.5. The van der Waals surface area contributed by atoms with Gasteiger partial charge in [-0.1, -0.05) is 46.8 Å². The zero-order chi connectivity index (χ0) is 7.86. The molecule has 0 aliphatic carbocycles. The van der Waals surface area contributed by atoms with Gasteiger partial charge in [0.1, 0.15) is 0 Å². The van der Waals surface area contributed by atoms with E-state index in [1.54, 1.807) is 0 Å². The van der Waals surface area contributed by atoms with Crippen LogP contribution in [0.3, 0.4) is 0 Å². The topological polar surface area (TPSA) is 0 Å². The average Bonchev–Trinajstić information content (AvgIpc) is 1.91. The first-order valence-corrected chi connectivity index (χ1v) is 3.86. The molecule has 0 N–H and O–H groups in total. The second-order valence-corrected chi connectivity index (χ2v) is 2.17. The Kier molecular flexibility index (Phi) is 9.91. The minimum atomic E-state index is 0.671. The monoisotopic (exact) mass is 128 g/mol. The van der Waals surface area contributed by atoms with E-state index in [1.807, 2.05) is 13.8 Å². The van der Waals surface area contributed by atoms with E-state index in [4.69, 9.17) is 0 Å². The molecule has 0 aromatic heterocycles. The normalized spacial score (nSPS) is 8.22. The predicted octanol–water partition coefficient (Wildman–Crippen LogP) is 3.63. The molecule has 0 nitrogen and oxygen atoms in total. The van der Waals surface area contributed by atoms with Gasteiger partial charge < -0.3 is 0 Å². The van der Waals surface area contributed by atoms with Crippen molar-refractivity contribution in [2.24, 2.45) is 5.92 Å². The molecule has 0 spiro atoms. The van der Waals surface area contributed by atoms with Crippen molar-refractivity contribution in [3.8, 4) is 0 Å². The van der Waals surface area contributed by atoms with Crippen molar-refractivity contribution in [2.75, 3.05) is 0 Å². The highest BCUT2D eigenvalue weighted by atomic mass is 14.0. The van der Waals surface area contributed by atoms with Crippen LogP contribution >= 0.6 is 0 Å². The summed E-state index contributed by atoms with van der Waals surface area (Å²) in [5.41, 5.74) is 1.35. The minimum Gasteiger partial charge on any atom is -0.0996 e. The minimum absolute atomic E-state index is 0.671. The molecule has 0 bridgehead atoms. The number of rotatable bonds is 2. The van der Waals surface area contributed by atoms with Crippen LogP contribution in [0.1, 0.15) is 41.0 Å². The second-order valence-electron chi connectivity index (χ2n) is 2.17. The van der Waals surface area contributed by atoms with Crippen molar-refractivity contribution in [1.29, 1.82) is 0 Å². The molecule has 0 amide bonds. The summed E-state index contributed by atoms with van der Waals surface area (Å²) in [5.74, 6) is 0.671. The van der Waals surface area contributed by atoms with E-state index in [9.17, 15) is 0 Å². The van der Waals surface area contributed by atoms with E-state index in [0.717, 1.165) is 6.42 Å². The van der Waals surface area contributed by atoms with Gasteiger partial charge in [0.15, 0.2) is 0 Å². The highest BCUT2D eigenvalue weighted by molar-refractivity contribution is 4.95. The summed E-state index contributed by atoms with van der Waals surface area (Å²) >= 11 is 0. The van der Waals surface area contributed by atoms with Crippen LogP contribution in [0.15, 0.2) is 12.2 Å². The Morgan fingerprint density at radius 1 is 1.33 bits per heavy atom. The van der Waals surface area contributed by atoms with Gasteiger partial charge in [-0.05, 0) is 12.3 Å². The van der Waals surface area contributed by atoms with Crippen LogP contribution in [-0.2, 0) is 0 Å². The highest BCUT2D eigenvalue weighted by Crippen LogP contribution is 2.08. The smallest absolute Gasteiger partial charge is 0.0263 e. The lowest BCUT2D eigenvalue weighted by molar-refractivity contribution is 0.736. The van der Waals surface area contributed by atoms with E-state index >= 15 is 0 Å². The Hall–Kier alpha value is -0.260. The molecule has 0 unspecified atom stereocenters. The van der Waals surface area contributed by atoms with E-state index < -0.39 is 0 Å². The molecule has 0 aromatic carbocycles. The van der Waals surface area contributed by atoms with Gasteiger partial charge in [0, 0.05) is 0 Å². The standard InChI is InChI=1S/C7H14.C2H6/c1-5-7(4)6(2)3;1-2/h6H,4-5H2,1-3H3;1-2H3.